The van der Waals surface area contributed by atoms with Gasteiger partial charge in [-0.05, 0) is 29.8 Å². The van der Waals surface area contributed by atoms with Crippen LogP contribution in [0.3, 0.4) is 0 Å². The molecule has 1 saturated heterocycles. The van der Waals surface area contributed by atoms with Crippen LogP contribution in [0.25, 0.3) is 0 Å². The maximum absolute atomic E-state index is 12.3. The number of urea groups is 1. The Labute approximate surface area is 175 Å². The standard InChI is InChI=1S/C22H26N4O4/c1-29-20-9-5-6-17(14-20)15-23-21(27)16-30-25-19-10-12-26(13-11-19)22(28)24-18-7-3-2-4-8-18/h2-9,14H,10-13,15-16H2,1H3,(H,23,27)(H,24,28). The zero-order valence-electron chi connectivity index (χ0n) is 17.0. The van der Waals surface area contributed by atoms with Crippen molar-refractivity contribution in [2.24, 2.45) is 5.16 Å². The van der Waals surface area contributed by atoms with Gasteiger partial charge < -0.3 is 25.1 Å². The molecule has 3 amide bonds. The lowest BCUT2D eigenvalue weighted by Crippen LogP contribution is -2.41. The maximum Gasteiger partial charge on any atom is 0.321 e. The molecule has 1 aliphatic rings. The number of ether oxygens (including phenoxy) is 1. The van der Waals surface area contributed by atoms with Crippen LogP contribution in [0.2, 0.25) is 0 Å². The van der Waals surface area contributed by atoms with Gasteiger partial charge in [0, 0.05) is 38.2 Å². The maximum atomic E-state index is 12.3. The lowest BCUT2D eigenvalue weighted by atomic mass is 10.1. The van der Waals surface area contributed by atoms with Crippen molar-refractivity contribution in [3.8, 4) is 5.75 Å². The van der Waals surface area contributed by atoms with E-state index in [-0.39, 0.29) is 18.5 Å². The molecule has 3 rings (SSSR count). The molecule has 0 bridgehead atoms. The van der Waals surface area contributed by atoms with E-state index in [2.05, 4.69) is 15.8 Å². The zero-order chi connectivity index (χ0) is 21.2. The molecule has 2 aromatic carbocycles. The Hall–Kier alpha value is -3.55. The summed E-state index contributed by atoms with van der Waals surface area (Å²) in [6.07, 6.45) is 1.24. The summed E-state index contributed by atoms with van der Waals surface area (Å²) in [7, 11) is 1.60. The summed E-state index contributed by atoms with van der Waals surface area (Å²) in [5, 5.41) is 9.72. The van der Waals surface area contributed by atoms with Crippen molar-refractivity contribution in [2.75, 3.05) is 32.1 Å². The van der Waals surface area contributed by atoms with Crippen molar-refractivity contribution in [1.29, 1.82) is 0 Å². The van der Waals surface area contributed by atoms with Crippen LogP contribution in [0.5, 0.6) is 5.75 Å². The predicted molar refractivity (Wildman–Crippen MR) is 114 cm³/mol. The van der Waals surface area contributed by atoms with Gasteiger partial charge in [0.2, 0.25) is 0 Å². The summed E-state index contributed by atoms with van der Waals surface area (Å²) >= 11 is 0. The molecule has 1 fully saturated rings. The number of oxime groups is 1. The first-order valence-corrected chi connectivity index (χ1v) is 9.82. The third-order valence-electron chi connectivity index (χ3n) is 4.67. The average Bonchev–Trinajstić information content (AvgIpc) is 2.79. The number of carbonyl (C=O) groups is 2. The molecular weight excluding hydrogens is 384 g/mol. The molecule has 0 radical (unpaired) electrons. The molecule has 0 atom stereocenters. The second-order valence-electron chi connectivity index (χ2n) is 6.84. The van der Waals surface area contributed by atoms with E-state index in [4.69, 9.17) is 9.57 Å². The van der Waals surface area contributed by atoms with Crippen LogP contribution >= 0.6 is 0 Å². The third-order valence-corrected chi connectivity index (χ3v) is 4.67. The Morgan fingerprint density at radius 1 is 1.07 bits per heavy atom. The van der Waals surface area contributed by atoms with Gasteiger partial charge in [-0.15, -0.1) is 0 Å². The summed E-state index contributed by atoms with van der Waals surface area (Å²) in [5.41, 5.74) is 2.56. The zero-order valence-corrected chi connectivity index (χ0v) is 17.0. The van der Waals surface area contributed by atoms with Crippen molar-refractivity contribution in [3.05, 3.63) is 60.2 Å². The Balaban J connectivity index is 1.35. The summed E-state index contributed by atoms with van der Waals surface area (Å²) < 4.78 is 5.16. The number of anilines is 1. The number of nitrogens with zero attached hydrogens (tertiary/aromatic N) is 2. The fraction of sp³-hybridized carbons (Fsp3) is 0.318. The van der Waals surface area contributed by atoms with Gasteiger partial charge in [0.25, 0.3) is 5.91 Å². The topological polar surface area (TPSA) is 92.3 Å². The van der Waals surface area contributed by atoms with Crippen LogP contribution in [0.15, 0.2) is 59.8 Å². The number of methoxy groups -OCH3 is 1. The summed E-state index contributed by atoms with van der Waals surface area (Å²) in [6.45, 7) is 1.36. The average molecular weight is 410 g/mol. The number of likely N-dealkylation sites (tertiary alicyclic amines) is 1. The van der Waals surface area contributed by atoms with Crippen LogP contribution in [0.1, 0.15) is 18.4 Å². The number of para-hydroxylation sites is 1. The fourth-order valence-corrected chi connectivity index (χ4v) is 3.00. The Bertz CT molecular complexity index is 876. The van der Waals surface area contributed by atoms with E-state index in [1.54, 1.807) is 12.0 Å². The number of benzene rings is 2. The van der Waals surface area contributed by atoms with Gasteiger partial charge in [0.1, 0.15) is 5.75 Å². The Kier molecular flexibility index (Phi) is 7.65. The van der Waals surface area contributed by atoms with Crippen molar-refractivity contribution < 1.29 is 19.2 Å². The second kappa shape index (κ2) is 10.8. The van der Waals surface area contributed by atoms with E-state index in [0.717, 1.165) is 22.7 Å². The van der Waals surface area contributed by atoms with Crippen LogP contribution in [-0.4, -0.2) is 49.4 Å². The molecule has 0 aromatic heterocycles. The predicted octanol–water partition coefficient (Wildman–Crippen LogP) is 3.01. The van der Waals surface area contributed by atoms with Gasteiger partial charge in [0.05, 0.1) is 12.8 Å². The smallest absolute Gasteiger partial charge is 0.321 e. The van der Waals surface area contributed by atoms with E-state index >= 15 is 0 Å². The first-order valence-electron chi connectivity index (χ1n) is 9.82. The van der Waals surface area contributed by atoms with Gasteiger partial charge in [-0.1, -0.05) is 35.5 Å². The lowest BCUT2D eigenvalue weighted by molar-refractivity contribution is -0.125. The van der Waals surface area contributed by atoms with Gasteiger partial charge in [-0.3, -0.25) is 4.79 Å². The fourth-order valence-electron chi connectivity index (χ4n) is 3.00. The van der Waals surface area contributed by atoms with Crippen molar-refractivity contribution in [1.82, 2.24) is 10.2 Å². The third kappa shape index (κ3) is 6.51. The molecule has 2 N–H and O–H groups in total. The van der Waals surface area contributed by atoms with E-state index in [0.29, 0.717) is 32.5 Å². The van der Waals surface area contributed by atoms with Crippen LogP contribution in [-0.2, 0) is 16.2 Å². The highest BCUT2D eigenvalue weighted by Crippen LogP contribution is 2.13. The van der Waals surface area contributed by atoms with E-state index in [1.807, 2.05) is 54.6 Å². The van der Waals surface area contributed by atoms with E-state index in [1.165, 1.54) is 0 Å². The van der Waals surface area contributed by atoms with E-state index < -0.39 is 0 Å². The number of rotatable bonds is 7. The largest absolute Gasteiger partial charge is 0.497 e. The minimum Gasteiger partial charge on any atom is -0.497 e. The first kappa shape index (κ1) is 21.2. The number of nitrogens with one attached hydrogen (secondary N) is 2. The van der Waals surface area contributed by atoms with Gasteiger partial charge >= 0.3 is 6.03 Å². The quantitative estimate of drug-likeness (QED) is 0.687. The highest BCUT2D eigenvalue weighted by atomic mass is 16.6. The summed E-state index contributed by atoms with van der Waals surface area (Å²) in [6, 6.07) is 16.7. The molecular formula is C22H26N4O4. The Morgan fingerprint density at radius 3 is 2.57 bits per heavy atom. The van der Waals surface area contributed by atoms with E-state index in [9.17, 15) is 9.59 Å². The molecule has 0 unspecified atom stereocenters. The van der Waals surface area contributed by atoms with Crippen LogP contribution < -0.4 is 15.4 Å². The summed E-state index contributed by atoms with van der Waals surface area (Å²) in [4.78, 5) is 31.2. The molecule has 1 heterocycles. The molecule has 8 nitrogen and oxygen atoms in total. The summed E-state index contributed by atoms with van der Waals surface area (Å²) in [5.74, 6) is 0.495. The number of amides is 3. The van der Waals surface area contributed by atoms with Crippen molar-refractivity contribution >= 4 is 23.3 Å². The van der Waals surface area contributed by atoms with Gasteiger partial charge in [-0.25, -0.2) is 4.79 Å². The molecule has 158 valence electrons. The van der Waals surface area contributed by atoms with Crippen molar-refractivity contribution in [3.63, 3.8) is 0 Å². The molecule has 0 aliphatic carbocycles. The minimum atomic E-state index is -0.248. The molecule has 30 heavy (non-hydrogen) atoms. The molecule has 0 saturated carbocycles. The highest BCUT2D eigenvalue weighted by Gasteiger charge is 2.20. The van der Waals surface area contributed by atoms with Gasteiger partial charge in [0.15, 0.2) is 6.61 Å². The molecule has 8 heteroatoms. The van der Waals surface area contributed by atoms with Crippen LogP contribution in [0, 0.1) is 0 Å². The monoisotopic (exact) mass is 410 g/mol. The minimum absolute atomic E-state index is 0.127. The normalized spacial score (nSPS) is 13.4. The highest BCUT2D eigenvalue weighted by molar-refractivity contribution is 5.92. The number of hydrogen-bond donors (Lipinski definition) is 2. The SMILES string of the molecule is COc1cccc(CNC(=O)CON=C2CCN(C(=O)Nc3ccccc3)CC2)c1. The number of hydrogen-bond acceptors (Lipinski definition) is 5. The van der Waals surface area contributed by atoms with Gasteiger partial charge in [-0.2, -0.15) is 0 Å². The molecule has 2 aromatic rings. The van der Waals surface area contributed by atoms with Crippen LogP contribution in [0.4, 0.5) is 10.5 Å². The molecule has 0 spiro atoms. The number of carbonyl (C=O) groups excluding carboxylic acids is 2. The lowest BCUT2D eigenvalue weighted by Gasteiger charge is -2.27. The molecule has 1 aliphatic heterocycles. The van der Waals surface area contributed by atoms with Crippen molar-refractivity contribution in [2.45, 2.75) is 19.4 Å². The Morgan fingerprint density at radius 2 is 1.83 bits per heavy atom. The second-order valence-corrected chi connectivity index (χ2v) is 6.84. The number of piperidine rings is 1. The first-order chi connectivity index (χ1) is 14.6.